The molecule has 0 unspecified atom stereocenters. The first-order chi connectivity index (χ1) is 15.5. The third-order valence-corrected chi connectivity index (χ3v) is 5.86. The van der Waals surface area contributed by atoms with Crippen molar-refractivity contribution in [3.8, 4) is 23.1 Å². The lowest BCUT2D eigenvalue weighted by molar-refractivity contribution is -0.115. The van der Waals surface area contributed by atoms with Crippen LogP contribution in [0.3, 0.4) is 0 Å². The highest BCUT2D eigenvalue weighted by atomic mass is 35.5. The molecule has 9 heteroatoms. The number of anilines is 1. The summed E-state index contributed by atoms with van der Waals surface area (Å²) in [6, 6.07) is 19.9. The van der Waals surface area contributed by atoms with E-state index in [4.69, 9.17) is 16.9 Å². The normalized spacial score (nSPS) is 11.5. The molecular formula is C23H17ClN6OS. The second kappa shape index (κ2) is 9.64. The Morgan fingerprint density at radius 1 is 1.12 bits per heavy atom. The van der Waals surface area contributed by atoms with Crippen LogP contribution in [-0.2, 0) is 4.79 Å². The van der Waals surface area contributed by atoms with Crippen molar-refractivity contribution in [3.63, 3.8) is 0 Å². The molecule has 2 aromatic heterocycles. The summed E-state index contributed by atoms with van der Waals surface area (Å²) in [7, 11) is 0. The number of rotatable bonds is 6. The van der Waals surface area contributed by atoms with Crippen LogP contribution in [0.5, 0.6) is 0 Å². The van der Waals surface area contributed by atoms with E-state index in [0.717, 1.165) is 11.3 Å². The van der Waals surface area contributed by atoms with Crippen LogP contribution in [0.25, 0.3) is 17.1 Å². The molecule has 4 rings (SSSR count). The van der Waals surface area contributed by atoms with Gasteiger partial charge in [-0.15, -0.1) is 10.2 Å². The number of nitriles is 1. The summed E-state index contributed by atoms with van der Waals surface area (Å²) in [5, 5.41) is 21.3. The zero-order valence-corrected chi connectivity index (χ0v) is 18.5. The van der Waals surface area contributed by atoms with E-state index in [1.165, 1.54) is 11.8 Å². The van der Waals surface area contributed by atoms with Crippen LogP contribution in [0.4, 0.5) is 5.69 Å². The molecule has 7 nitrogen and oxygen atoms in total. The predicted molar refractivity (Wildman–Crippen MR) is 125 cm³/mol. The van der Waals surface area contributed by atoms with E-state index >= 15 is 0 Å². The molecule has 1 atom stereocenters. The largest absolute Gasteiger partial charge is 0.325 e. The van der Waals surface area contributed by atoms with Crippen LogP contribution in [0, 0.1) is 11.3 Å². The maximum absolute atomic E-state index is 12.8. The minimum atomic E-state index is -0.471. The van der Waals surface area contributed by atoms with Gasteiger partial charge in [-0.2, -0.15) is 5.26 Å². The molecule has 0 aliphatic carbocycles. The molecule has 0 radical (unpaired) electrons. The Morgan fingerprint density at radius 3 is 2.59 bits per heavy atom. The fourth-order valence-electron chi connectivity index (χ4n) is 2.98. The maximum atomic E-state index is 12.8. The summed E-state index contributed by atoms with van der Waals surface area (Å²) in [5.74, 6) is 0.424. The number of halogens is 1. The van der Waals surface area contributed by atoms with E-state index in [-0.39, 0.29) is 5.91 Å². The summed E-state index contributed by atoms with van der Waals surface area (Å²) >= 11 is 7.35. The first kappa shape index (κ1) is 21.6. The van der Waals surface area contributed by atoms with Gasteiger partial charge in [0.2, 0.25) is 5.91 Å². The number of carbonyl (C=O) groups excluding carboxylic acids is 1. The fourth-order valence-corrected chi connectivity index (χ4v) is 3.97. The lowest BCUT2D eigenvalue weighted by Crippen LogP contribution is -2.23. The number of pyridine rings is 1. The quantitative estimate of drug-likeness (QED) is 0.408. The summed E-state index contributed by atoms with van der Waals surface area (Å²) in [6.45, 7) is 1.79. The van der Waals surface area contributed by atoms with E-state index in [0.29, 0.717) is 27.3 Å². The molecule has 0 spiro atoms. The molecule has 0 fully saturated rings. The molecule has 158 valence electrons. The van der Waals surface area contributed by atoms with E-state index in [1.807, 2.05) is 28.8 Å². The molecular weight excluding hydrogens is 444 g/mol. The molecule has 1 amide bonds. The minimum absolute atomic E-state index is 0.207. The lowest BCUT2D eigenvalue weighted by atomic mass is 10.2. The fraction of sp³-hybridized carbons (Fsp3) is 0.0870. The molecule has 32 heavy (non-hydrogen) atoms. The first-order valence-corrected chi connectivity index (χ1v) is 10.9. The highest BCUT2D eigenvalue weighted by molar-refractivity contribution is 8.00. The maximum Gasteiger partial charge on any atom is 0.237 e. The van der Waals surface area contributed by atoms with Crippen molar-refractivity contribution in [2.75, 3.05) is 5.32 Å². The van der Waals surface area contributed by atoms with Gasteiger partial charge in [-0.05, 0) is 61.5 Å². The van der Waals surface area contributed by atoms with Crippen molar-refractivity contribution >= 4 is 35.0 Å². The number of hydrogen-bond donors (Lipinski definition) is 1. The Hall–Kier alpha value is -3.67. The van der Waals surface area contributed by atoms with Crippen molar-refractivity contribution in [3.05, 3.63) is 83.6 Å². The Bertz CT molecular complexity index is 1280. The summed E-state index contributed by atoms with van der Waals surface area (Å²) in [5.41, 5.74) is 2.72. The van der Waals surface area contributed by atoms with Crippen molar-refractivity contribution in [1.29, 1.82) is 5.26 Å². The Kier molecular flexibility index (Phi) is 6.50. The second-order valence-electron chi connectivity index (χ2n) is 6.80. The van der Waals surface area contributed by atoms with Gasteiger partial charge in [0.25, 0.3) is 0 Å². The molecule has 4 aromatic rings. The van der Waals surface area contributed by atoms with Gasteiger partial charge in [0.1, 0.15) is 0 Å². The molecule has 0 aliphatic rings. The van der Waals surface area contributed by atoms with Crippen molar-refractivity contribution in [2.45, 2.75) is 17.3 Å². The number of nitrogens with zero attached hydrogens (tertiary/aromatic N) is 5. The summed E-state index contributed by atoms with van der Waals surface area (Å²) in [4.78, 5) is 16.9. The smallest absolute Gasteiger partial charge is 0.237 e. The zero-order valence-electron chi connectivity index (χ0n) is 16.9. The average molecular weight is 461 g/mol. The molecule has 0 aliphatic heterocycles. The number of hydrogen-bond acceptors (Lipinski definition) is 6. The lowest BCUT2D eigenvalue weighted by Gasteiger charge is -2.14. The number of amides is 1. The van der Waals surface area contributed by atoms with Gasteiger partial charge < -0.3 is 5.32 Å². The van der Waals surface area contributed by atoms with Crippen LogP contribution in [-0.4, -0.2) is 30.9 Å². The average Bonchev–Trinajstić information content (AvgIpc) is 3.23. The van der Waals surface area contributed by atoms with Gasteiger partial charge in [-0.25, -0.2) is 0 Å². The van der Waals surface area contributed by atoms with Gasteiger partial charge in [0, 0.05) is 34.4 Å². The molecule has 2 heterocycles. The van der Waals surface area contributed by atoms with Crippen molar-refractivity contribution in [1.82, 2.24) is 19.7 Å². The number of benzene rings is 2. The first-order valence-electron chi connectivity index (χ1n) is 9.64. The zero-order chi connectivity index (χ0) is 22.5. The highest BCUT2D eigenvalue weighted by Gasteiger charge is 2.22. The number of thioether (sulfide) groups is 1. The Balaban J connectivity index is 1.63. The third-order valence-electron chi connectivity index (χ3n) is 4.57. The second-order valence-corrected chi connectivity index (χ2v) is 8.54. The topological polar surface area (TPSA) is 96.5 Å². The molecule has 0 saturated heterocycles. The van der Waals surface area contributed by atoms with Gasteiger partial charge in [-0.3, -0.25) is 14.3 Å². The van der Waals surface area contributed by atoms with E-state index < -0.39 is 5.25 Å². The van der Waals surface area contributed by atoms with Gasteiger partial charge in [0.15, 0.2) is 11.0 Å². The Labute approximate surface area is 194 Å². The SMILES string of the molecule is C[C@H](Sc1nnc(-c2ccncc2)n1-c1ccc(Cl)cc1)C(=O)Nc1cccc(C#N)c1. The minimum Gasteiger partial charge on any atom is -0.325 e. The van der Waals surface area contributed by atoms with E-state index in [2.05, 4.69) is 26.6 Å². The Morgan fingerprint density at radius 2 is 1.88 bits per heavy atom. The van der Waals surface area contributed by atoms with Crippen molar-refractivity contribution < 1.29 is 4.79 Å². The summed E-state index contributed by atoms with van der Waals surface area (Å²) < 4.78 is 1.89. The van der Waals surface area contributed by atoms with E-state index in [9.17, 15) is 4.79 Å². The van der Waals surface area contributed by atoms with Crippen LogP contribution >= 0.6 is 23.4 Å². The van der Waals surface area contributed by atoms with Gasteiger partial charge in [0.05, 0.1) is 16.9 Å². The number of aromatic nitrogens is 4. The van der Waals surface area contributed by atoms with Gasteiger partial charge >= 0.3 is 0 Å². The molecule has 0 bridgehead atoms. The highest BCUT2D eigenvalue weighted by Crippen LogP contribution is 2.31. The standard InChI is InChI=1S/C23H17ClN6OS/c1-15(22(31)27-19-4-2-3-16(13-19)14-25)32-23-29-28-21(17-9-11-26-12-10-17)30(23)20-7-5-18(24)6-8-20/h2-13,15H,1H3,(H,27,31)/t15-/m0/s1. The predicted octanol–water partition coefficient (Wildman–Crippen LogP) is 4.97. The van der Waals surface area contributed by atoms with Crippen LogP contribution in [0.15, 0.2) is 78.2 Å². The number of carbonyl (C=O) groups is 1. The summed E-state index contributed by atoms with van der Waals surface area (Å²) in [6.07, 6.45) is 3.38. The third kappa shape index (κ3) is 4.80. The monoisotopic (exact) mass is 460 g/mol. The van der Waals surface area contributed by atoms with Crippen LogP contribution < -0.4 is 5.32 Å². The van der Waals surface area contributed by atoms with E-state index in [1.54, 1.807) is 55.7 Å². The van der Waals surface area contributed by atoms with Gasteiger partial charge in [-0.1, -0.05) is 29.4 Å². The molecule has 2 aromatic carbocycles. The van der Waals surface area contributed by atoms with Crippen LogP contribution in [0.2, 0.25) is 5.02 Å². The molecule has 0 saturated carbocycles. The molecule has 1 N–H and O–H groups in total. The van der Waals surface area contributed by atoms with Crippen LogP contribution in [0.1, 0.15) is 12.5 Å². The number of nitrogens with one attached hydrogen (secondary N) is 1. The van der Waals surface area contributed by atoms with Crippen molar-refractivity contribution in [2.24, 2.45) is 0 Å².